The highest BCUT2D eigenvalue weighted by Gasteiger charge is 2.12. The van der Waals surface area contributed by atoms with E-state index < -0.39 is 0 Å². The van der Waals surface area contributed by atoms with E-state index in [1.165, 1.54) is 0 Å². The van der Waals surface area contributed by atoms with E-state index in [0.717, 1.165) is 27.0 Å². The second-order valence-corrected chi connectivity index (χ2v) is 5.76. The number of ether oxygens (including phenoxy) is 2. The van der Waals surface area contributed by atoms with Crippen LogP contribution in [0.5, 0.6) is 11.5 Å². The molecule has 5 heteroatoms. The number of hydrogen-bond donors (Lipinski definition) is 1. The van der Waals surface area contributed by atoms with E-state index in [9.17, 15) is 0 Å². The summed E-state index contributed by atoms with van der Waals surface area (Å²) in [6.07, 6.45) is 1.85. The second kappa shape index (κ2) is 5.73. The number of nitrogens with zero attached hydrogens (tertiary/aromatic N) is 1. The molecule has 1 atom stereocenters. The summed E-state index contributed by atoms with van der Waals surface area (Å²) >= 11 is 1.64. The number of nitrogens with two attached hydrogens (primary N) is 1. The van der Waals surface area contributed by atoms with Gasteiger partial charge in [0.25, 0.3) is 0 Å². The van der Waals surface area contributed by atoms with Crippen molar-refractivity contribution in [1.82, 2.24) is 4.98 Å². The van der Waals surface area contributed by atoms with Crippen LogP contribution in [0, 0.1) is 0 Å². The highest BCUT2D eigenvalue weighted by Crippen LogP contribution is 2.36. The Bertz CT molecular complexity index is 599. The summed E-state index contributed by atoms with van der Waals surface area (Å²) in [6.45, 7) is 3.14. The molecule has 0 bridgehead atoms. The Labute approximate surface area is 122 Å². The normalized spacial score (nSPS) is 14.9. The summed E-state index contributed by atoms with van der Waals surface area (Å²) in [5, 5.41) is 0. The lowest BCUT2D eigenvalue weighted by atomic mass is 10.2. The predicted octanol–water partition coefficient (Wildman–Crippen LogP) is 3.02. The van der Waals surface area contributed by atoms with E-state index in [2.05, 4.69) is 4.98 Å². The fourth-order valence-corrected chi connectivity index (χ4v) is 2.76. The van der Waals surface area contributed by atoms with Gasteiger partial charge in [-0.15, -0.1) is 0 Å². The van der Waals surface area contributed by atoms with Crippen LogP contribution in [-0.2, 0) is 0 Å². The van der Waals surface area contributed by atoms with Gasteiger partial charge in [-0.2, -0.15) is 0 Å². The molecule has 1 aliphatic heterocycles. The number of fused-ring (bicyclic) bond motifs is 1. The molecule has 0 saturated carbocycles. The summed E-state index contributed by atoms with van der Waals surface area (Å²) in [7, 11) is 0. The SMILES string of the molecule is C[C@H](N)c1ccc(Sc2ccc3c(c2)OCCO3)cn1. The molecule has 0 spiro atoms. The second-order valence-electron chi connectivity index (χ2n) is 4.61. The molecular weight excluding hydrogens is 272 g/mol. The molecule has 0 saturated heterocycles. The molecule has 1 aromatic heterocycles. The van der Waals surface area contributed by atoms with E-state index in [4.69, 9.17) is 15.2 Å². The van der Waals surface area contributed by atoms with Crippen LogP contribution in [0.25, 0.3) is 0 Å². The van der Waals surface area contributed by atoms with Gasteiger partial charge in [0.2, 0.25) is 0 Å². The van der Waals surface area contributed by atoms with Crippen molar-refractivity contribution in [2.45, 2.75) is 22.8 Å². The molecule has 0 amide bonds. The van der Waals surface area contributed by atoms with Gasteiger partial charge in [0.15, 0.2) is 11.5 Å². The minimum absolute atomic E-state index is 0.0386. The average Bonchev–Trinajstić information content (AvgIpc) is 2.48. The molecule has 104 valence electrons. The van der Waals surface area contributed by atoms with E-state index in [1.54, 1.807) is 11.8 Å². The Balaban J connectivity index is 1.77. The van der Waals surface area contributed by atoms with Gasteiger partial charge >= 0.3 is 0 Å². The molecule has 3 rings (SSSR count). The minimum Gasteiger partial charge on any atom is -0.486 e. The Kier molecular flexibility index (Phi) is 3.80. The number of aromatic nitrogens is 1. The van der Waals surface area contributed by atoms with Crippen LogP contribution in [0.4, 0.5) is 0 Å². The summed E-state index contributed by atoms with van der Waals surface area (Å²) < 4.78 is 11.1. The third-order valence-electron chi connectivity index (χ3n) is 2.98. The van der Waals surface area contributed by atoms with Gasteiger partial charge in [-0.3, -0.25) is 4.98 Å². The van der Waals surface area contributed by atoms with Gasteiger partial charge in [-0.25, -0.2) is 0 Å². The van der Waals surface area contributed by atoms with Crippen LogP contribution in [0.1, 0.15) is 18.7 Å². The van der Waals surface area contributed by atoms with E-state index in [1.807, 2.05) is 43.5 Å². The van der Waals surface area contributed by atoms with E-state index >= 15 is 0 Å². The summed E-state index contributed by atoms with van der Waals surface area (Å²) in [5.41, 5.74) is 6.69. The zero-order chi connectivity index (χ0) is 13.9. The molecular formula is C15H16N2O2S. The van der Waals surface area contributed by atoms with E-state index in [0.29, 0.717) is 13.2 Å². The third-order valence-corrected chi connectivity index (χ3v) is 3.94. The van der Waals surface area contributed by atoms with Crippen molar-refractivity contribution in [1.29, 1.82) is 0 Å². The lowest BCUT2D eigenvalue weighted by molar-refractivity contribution is 0.171. The van der Waals surface area contributed by atoms with Gasteiger partial charge in [-0.1, -0.05) is 11.8 Å². The lowest BCUT2D eigenvalue weighted by Crippen LogP contribution is -2.15. The van der Waals surface area contributed by atoms with Crippen LogP contribution in [-0.4, -0.2) is 18.2 Å². The van der Waals surface area contributed by atoms with Crippen LogP contribution < -0.4 is 15.2 Å². The molecule has 2 aromatic rings. The van der Waals surface area contributed by atoms with Crippen molar-refractivity contribution in [3.05, 3.63) is 42.2 Å². The number of benzene rings is 1. The van der Waals surface area contributed by atoms with Crippen molar-refractivity contribution in [2.75, 3.05) is 13.2 Å². The maximum Gasteiger partial charge on any atom is 0.162 e. The van der Waals surface area contributed by atoms with Crippen LogP contribution in [0.15, 0.2) is 46.3 Å². The molecule has 2 N–H and O–H groups in total. The molecule has 0 aliphatic carbocycles. The van der Waals surface area contributed by atoms with Crippen molar-refractivity contribution < 1.29 is 9.47 Å². The molecule has 1 aromatic carbocycles. The smallest absolute Gasteiger partial charge is 0.162 e. The van der Waals surface area contributed by atoms with Crippen LogP contribution in [0.2, 0.25) is 0 Å². The van der Waals surface area contributed by atoms with Crippen molar-refractivity contribution in [2.24, 2.45) is 5.73 Å². The number of hydrogen-bond acceptors (Lipinski definition) is 5. The van der Waals surface area contributed by atoms with Gasteiger partial charge in [0.05, 0.1) is 5.69 Å². The maximum absolute atomic E-state index is 5.79. The molecule has 4 nitrogen and oxygen atoms in total. The molecule has 20 heavy (non-hydrogen) atoms. The first-order chi connectivity index (χ1) is 9.72. The summed E-state index contributed by atoms with van der Waals surface area (Å²) in [6, 6.07) is 9.93. The first-order valence-corrected chi connectivity index (χ1v) is 7.33. The largest absolute Gasteiger partial charge is 0.486 e. The van der Waals surface area contributed by atoms with Crippen LogP contribution in [0.3, 0.4) is 0 Å². The summed E-state index contributed by atoms with van der Waals surface area (Å²) in [5.74, 6) is 1.62. The van der Waals surface area contributed by atoms with Crippen molar-refractivity contribution in [3.8, 4) is 11.5 Å². The fraction of sp³-hybridized carbons (Fsp3) is 0.267. The number of pyridine rings is 1. The fourth-order valence-electron chi connectivity index (χ4n) is 1.94. The zero-order valence-electron chi connectivity index (χ0n) is 11.2. The Morgan fingerprint density at radius 3 is 2.55 bits per heavy atom. The molecule has 1 aliphatic rings. The van der Waals surface area contributed by atoms with E-state index in [-0.39, 0.29) is 6.04 Å². The highest BCUT2D eigenvalue weighted by atomic mass is 32.2. The first kappa shape index (κ1) is 13.3. The molecule has 2 heterocycles. The quantitative estimate of drug-likeness (QED) is 0.940. The number of rotatable bonds is 3. The monoisotopic (exact) mass is 288 g/mol. The standard InChI is InChI=1S/C15H16N2O2S/c1-10(16)13-4-2-12(9-17-13)20-11-3-5-14-15(8-11)19-7-6-18-14/h2-5,8-10H,6-7,16H2,1H3/t10-/m0/s1. The van der Waals surface area contributed by atoms with Crippen molar-refractivity contribution >= 4 is 11.8 Å². The molecule has 0 fully saturated rings. The summed E-state index contributed by atoms with van der Waals surface area (Å²) in [4.78, 5) is 6.54. The van der Waals surface area contributed by atoms with Gasteiger partial charge in [0.1, 0.15) is 13.2 Å². The minimum atomic E-state index is -0.0386. The Hall–Kier alpha value is -1.72. The maximum atomic E-state index is 5.79. The first-order valence-electron chi connectivity index (χ1n) is 6.51. The Morgan fingerprint density at radius 1 is 1.10 bits per heavy atom. The average molecular weight is 288 g/mol. The van der Waals surface area contributed by atoms with Crippen LogP contribution >= 0.6 is 11.8 Å². The Morgan fingerprint density at radius 2 is 1.85 bits per heavy atom. The lowest BCUT2D eigenvalue weighted by Gasteiger charge is -2.18. The topological polar surface area (TPSA) is 57.4 Å². The highest BCUT2D eigenvalue weighted by molar-refractivity contribution is 7.99. The third kappa shape index (κ3) is 2.89. The molecule has 0 radical (unpaired) electrons. The molecule has 0 unspecified atom stereocenters. The van der Waals surface area contributed by atoms with Gasteiger partial charge in [0, 0.05) is 22.0 Å². The van der Waals surface area contributed by atoms with Gasteiger partial charge in [-0.05, 0) is 37.3 Å². The predicted molar refractivity (Wildman–Crippen MR) is 78.4 cm³/mol. The van der Waals surface area contributed by atoms with Gasteiger partial charge < -0.3 is 15.2 Å². The van der Waals surface area contributed by atoms with Crippen molar-refractivity contribution in [3.63, 3.8) is 0 Å². The zero-order valence-corrected chi connectivity index (χ0v) is 12.0.